The van der Waals surface area contributed by atoms with Gasteiger partial charge in [0, 0.05) is 29.6 Å². The van der Waals surface area contributed by atoms with Crippen molar-refractivity contribution in [2.75, 3.05) is 0 Å². The molecule has 2 aromatic carbocycles. The second-order valence-electron chi connectivity index (χ2n) is 8.75. The number of aliphatic hydroxyl groups is 1. The van der Waals surface area contributed by atoms with Crippen LogP contribution in [0.2, 0.25) is 0 Å². The van der Waals surface area contributed by atoms with E-state index in [2.05, 4.69) is 67.8 Å². The molecule has 35 heavy (non-hydrogen) atoms. The molecule has 3 aromatic rings. The SMILES string of the molecule is C=C(C)/N=C(\C=C(\c1ccc(C)cc1)[C@H](C)CC)Oc1cc(C#N)ccc1-n1cc(C(C)O)cn1. The summed E-state index contributed by atoms with van der Waals surface area (Å²) in [5, 5.41) is 23.8. The van der Waals surface area contributed by atoms with Crippen LogP contribution in [0.1, 0.15) is 62.5 Å². The number of aryl methyl sites for hydroxylation is 1. The van der Waals surface area contributed by atoms with Crippen LogP contribution in [-0.4, -0.2) is 20.8 Å². The third-order valence-corrected chi connectivity index (χ3v) is 5.74. The molecule has 0 fully saturated rings. The lowest BCUT2D eigenvalue weighted by Crippen LogP contribution is -2.11. The predicted molar refractivity (Wildman–Crippen MR) is 140 cm³/mol. The Hall–Kier alpha value is -3.95. The zero-order chi connectivity index (χ0) is 25.5. The van der Waals surface area contributed by atoms with Gasteiger partial charge in [-0.2, -0.15) is 10.4 Å². The molecule has 0 aliphatic carbocycles. The van der Waals surface area contributed by atoms with Gasteiger partial charge in [0.25, 0.3) is 0 Å². The van der Waals surface area contributed by atoms with Crippen molar-refractivity contribution in [2.45, 2.75) is 47.1 Å². The molecule has 0 aliphatic heterocycles. The fourth-order valence-electron chi connectivity index (χ4n) is 3.53. The van der Waals surface area contributed by atoms with Crippen LogP contribution in [0.3, 0.4) is 0 Å². The summed E-state index contributed by atoms with van der Waals surface area (Å²) < 4.78 is 7.95. The molecule has 1 heterocycles. The number of hydrogen-bond donors (Lipinski definition) is 1. The standard InChI is InChI=1S/C29H32N4O2/c1-7-21(5)26(24-11-8-20(4)9-12-24)15-29(32-19(2)3)35-28-14-23(16-30)10-13-27(28)33-18-25(17-31-33)22(6)34/h8-15,17-18,21-22,34H,2,7H2,1,3-6H3/b26-15+,32-29+/t21-,22?/m1/s1. The number of rotatable bonds is 8. The van der Waals surface area contributed by atoms with Gasteiger partial charge in [-0.25, -0.2) is 9.67 Å². The maximum atomic E-state index is 9.92. The van der Waals surface area contributed by atoms with Crippen LogP contribution in [-0.2, 0) is 0 Å². The normalized spacial score (nSPS) is 13.7. The van der Waals surface area contributed by atoms with Gasteiger partial charge in [-0.1, -0.05) is 50.3 Å². The van der Waals surface area contributed by atoms with Crippen LogP contribution in [0.25, 0.3) is 11.3 Å². The number of aliphatic imine (C=N–C) groups is 1. The van der Waals surface area contributed by atoms with E-state index in [1.165, 1.54) is 5.56 Å². The van der Waals surface area contributed by atoms with Crippen LogP contribution < -0.4 is 4.74 Å². The summed E-state index contributed by atoms with van der Waals surface area (Å²) in [6.07, 6.45) is 5.59. The zero-order valence-corrected chi connectivity index (χ0v) is 21.0. The van der Waals surface area contributed by atoms with Crippen molar-refractivity contribution < 1.29 is 9.84 Å². The smallest absolute Gasteiger partial charge is 0.219 e. The molecule has 0 radical (unpaired) electrons. The highest BCUT2D eigenvalue weighted by Gasteiger charge is 2.16. The minimum atomic E-state index is -0.650. The monoisotopic (exact) mass is 468 g/mol. The highest BCUT2D eigenvalue weighted by Crippen LogP contribution is 2.29. The summed E-state index contributed by atoms with van der Waals surface area (Å²) in [4.78, 5) is 4.57. The number of aromatic nitrogens is 2. The highest BCUT2D eigenvalue weighted by molar-refractivity contribution is 5.97. The van der Waals surface area contributed by atoms with Gasteiger partial charge in [0.05, 0.1) is 23.9 Å². The lowest BCUT2D eigenvalue weighted by Gasteiger charge is -2.17. The van der Waals surface area contributed by atoms with Crippen LogP contribution >= 0.6 is 0 Å². The van der Waals surface area contributed by atoms with E-state index in [9.17, 15) is 10.4 Å². The van der Waals surface area contributed by atoms with E-state index in [1.807, 2.05) is 6.08 Å². The first-order chi connectivity index (χ1) is 16.7. The fourth-order valence-corrected chi connectivity index (χ4v) is 3.53. The van der Waals surface area contributed by atoms with Crippen molar-refractivity contribution in [3.8, 4) is 17.5 Å². The van der Waals surface area contributed by atoms with Crippen LogP contribution in [0, 0.1) is 24.2 Å². The van der Waals surface area contributed by atoms with Crippen LogP contribution in [0.15, 0.2) is 78.2 Å². The zero-order valence-electron chi connectivity index (χ0n) is 21.0. The molecular weight excluding hydrogens is 436 g/mol. The molecule has 0 amide bonds. The van der Waals surface area contributed by atoms with Crippen molar-refractivity contribution in [2.24, 2.45) is 10.9 Å². The van der Waals surface area contributed by atoms with Crippen molar-refractivity contribution in [3.63, 3.8) is 0 Å². The van der Waals surface area contributed by atoms with Gasteiger partial charge >= 0.3 is 0 Å². The molecule has 0 saturated heterocycles. The quantitative estimate of drug-likeness (QED) is 0.300. The molecule has 6 heteroatoms. The molecular formula is C29H32N4O2. The minimum Gasteiger partial charge on any atom is -0.437 e. The Kier molecular flexibility index (Phi) is 8.40. The summed E-state index contributed by atoms with van der Waals surface area (Å²) in [6.45, 7) is 13.8. The van der Waals surface area contributed by atoms with E-state index in [0.29, 0.717) is 34.2 Å². The summed E-state index contributed by atoms with van der Waals surface area (Å²) in [5.74, 6) is 1.06. The Morgan fingerprint density at radius 3 is 2.54 bits per heavy atom. The van der Waals surface area contributed by atoms with Gasteiger partial charge in [0.1, 0.15) is 5.69 Å². The Bertz CT molecular complexity index is 1290. The summed E-state index contributed by atoms with van der Waals surface area (Å²) in [7, 11) is 0. The fraction of sp³-hybridized carbons (Fsp3) is 0.276. The van der Waals surface area contributed by atoms with Crippen LogP contribution in [0.4, 0.5) is 0 Å². The van der Waals surface area contributed by atoms with E-state index in [0.717, 1.165) is 17.6 Å². The second-order valence-corrected chi connectivity index (χ2v) is 8.75. The van der Waals surface area contributed by atoms with E-state index >= 15 is 0 Å². The van der Waals surface area contributed by atoms with Gasteiger partial charge in [-0.05, 0) is 56.4 Å². The maximum Gasteiger partial charge on any atom is 0.219 e. The average molecular weight is 469 g/mol. The summed E-state index contributed by atoms with van der Waals surface area (Å²) in [5.41, 5.74) is 5.73. The minimum absolute atomic E-state index is 0.265. The third-order valence-electron chi connectivity index (χ3n) is 5.74. The number of hydrogen-bond acceptors (Lipinski definition) is 5. The second kappa shape index (κ2) is 11.5. The average Bonchev–Trinajstić information content (AvgIpc) is 3.32. The van der Waals surface area contributed by atoms with E-state index in [1.54, 1.807) is 49.1 Å². The molecule has 0 bridgehead atoms. The molecule has 1 unspecified atom stereocenters. The van der Waals surface area contributed by atoms with Gasteiger partial charge in [-0.15, -0.1) is 0 Å². The Morgan fingerprint density at radius 1 is 1.26 bits per heavy atom. The highest BCUT2D eigenvalue weighted by atomic mass is 16.5. The van der Waals surface area contributed by atoms with Gasteiger partial charge in [0.2, 0.25) is 5.90 Å². The first-order valence-corrected chi connectivity index (χ1v) is 11.7. The third kappa shape index (κ3) is 6.56. The van der Waals surface area contributed by atoms with Crippen molar-refractivity contribution in [1.29, 1.82) is 5.26 Å². The lowest BCUT2D eigenvalue weighted by atomic mass is 9.91. The van der Waals surface area contributed by atoms with Crippen molar-refractivity contribution >= 4 is 11.5 Å². The Morgan fingerprint density at radius 2 is 1.97 bits per heavy atom. The molecule has 2 atom stereocenters. The largest absolute Gasteiger partial charge is 0.437 e. The Balaban J connectivity index is 2.12. The summed E-state index contributed by atoms with van der Waals surface area (Å²) in [6, 6.07) is 15.7. The molecule has 180 valence electrons. The molecule has 1 aromatic heterocycles. The maximum absolute atomic E-state index is 9.92. The van der Waals surface area contributed by atoms with E-state index < -0.39 is 6.10 Å². The van der Waals surface area contributed by atoms with Crippen LogP contribution in [0.5, 0.6) is 5.75 Å². The van der Waals surface area contributed by atoms with Gasteiger partial charge in [0.15, 0.2) is 5.75 Å². The number of aliphatic hydroxyl groups excluding tert-OH is 1. The number of benzene rings is 2. The number of ether oxygens (including phenoxy) is 1. The molecule has 0 saturated carbocycles. The topological polar surface area (TPSA) is 83.4 Å². The number of nitriles is 1. The van der Waals surface area contributed by atoms with Crippen molar-refractivity contribution in [3.05, 3.63) is 95.5 Å². The van der Waals surface area contributed by atoms with Gasteiger partial charge in [-0.3, -0.25) is 0 Å². The lowest BCUT2D eigenvalue weighted by molar-refractivity contribution is 0.199. The van der Waals surface area contributed by atoms with E-state index in [-0.39, 0.29) is 5.92 Å². The number of nitrogens with zero attached hydrogens (tertiary/aromatic N) is 4. The Labute approximate surface area is 207 Å². The van der Waals surface area contributed by atoms with Gasteiger partial charge < -0.3 is 9.84 Å². The van der Waals surface area contributed by atoms with Crippen molar-refractivity contribution in [1.82, 2.24) is 9.78 Å². The molecule has 1 N–H and O–H groups in total. The first-order valence-electron chi connectivity index (χ1n) is 11.7. The van der Waals surface area contributed by atoms with E-state index in [4.69, 9.17) is 4.74 Å². The summed E-state index contributed by atoms with van der Waals surface area (Å²) >= 11 is 0. The predicted octanol–water partition coefficient (Wildman–Crippen LogP) is 6.55. The number of allylic oxidation sites excluding steroid dienone is 2. The molecule has 3 rings (SSSR count). The molecule has 6 nitrogen and oxygen atoms in total. The first kappa shape index (κ1) is 25.7. The molecule has 0 aliphatic rings. The molecule has 0 spiro atoms.